The van der Waals surface area contributed by atoms with E-state index in [0.717, 1.165) is 30.9 Å². The smallest absolute Gasteiger partial charge is 0.248 e. The summed E-state index contributed by atoms with van der Waals surface area (Å²) in [6, 6.07) is 11.9. The maximum Gasteiger partial charge on any atom is 0.248 e. The average molecular weight is 564 g/mol. The van der Waals surface area contributed by atoms with Crippen molar-refractivity contribution in [1.82, 2.24) is 19.8 Å². The van der Waals surface area contributed by atoms with Crippen LogP contribution in [-0.2, 0) is 28.0 Å². The SMILES string of the molecule is CCCC(NC1CCc2cc(F)cc(F)c2C1)C(=O)Nc1cn(C(C)(C)C(=O)N2CCC[C@H]2c2ccccc2)cn1. The van der Waals surface area contributed by atoms with E-state index in [9.17, 15) is 18.4 Å². The van der Waals surface area contributed by atoms with Gasteiger partial charge in [-0.2, -0.15) is 0 Å². The maximum atomic E-state index is 14.4. The molecule has 5 rings (SSSR count). The second kappa shape index (κ2) is 12.1. The summed E-state index contributed by atoms with van der Waals surface area (Å²) in [6.07, 6.45) is 8.20. The van der Waals surface area contributed by atoms with Crippen molar-refractivity contribution in [2.24, 2.45) is 0 Å². The highest BCUT2D eigenvalue weighted by Crippen LogP contribution is 2.35. The zero-order chi connectivity index (χ0) is 29.1. The molecule has 2 aliphatic rings. The largest absolute Gasteiger partial charge is 0.334 e. The third-order valence-corrected chi connectivity index (χ3v) is 8.50. The summed E-state index contributed by atoms with van der Waals surface area (Å²) in [5.41, 5.74) is 1.46. The molecule has 2 unspecified atom stereocenters. The fourth-order valence-electron chi connectivity index (χ4n) is 6.19. The number of halogens is 2. The van der Waals surface area contributed by atoms with Crippen LogP contribution >= 0.6 is 0 Å². The van der Waals surface area contributed by atoms with Crippen molar-refractivity contribution in [1.29, 1.82) is 0 Å². The van der Waals surface area contributed by atoms with Crippen molar-refractivity contribution in [3.8, 4) is 0 Å². The predicted octanol–water partition coefficient (Wildman–Crippen LogP) is 5.51. The van der Waals surface area contributed by atoms with E-state index in [0.29, 0.717) is 49.2 Å². The van der Waals surface area contributed by atoms with Gasteiger partial charge < -0.3 is 20.1 Å². The number of nitrogens with one attached hydrogen (secondary N) is 2. The fourth-order valence-corrected chi connectivity index (χ4v) is 6.19. The quantitative estimate of drug-likeness (QED) is 0.360. The van der Waals surface area contributed by atoms with Crippen LogP contribution in [-0.4, -0.2) is 44.9 Å². The molecule has 9 heteroatoms. The van der Waals surface area contributed by atoms with Crippen LogP contribution in [0.3, 0.4) is 0 Å². The molecule has 3 aromatic rings. The van der Waals surface area contributed by atoms with Gasteiger partial charge in [-0.3, -0.25) is 9.59 Å². The lowest BCUT2D eigenvalue weighted by atomic mass is 9.87. The monoisotopic (exact) mass is 563 g/mol. The van der Waals surface area contributed by atoms with Crippen LogP contribution in [0.5, 0.6) is 0 Å². The Labute approximate surface area is 240 Å². The molecule has 41 heavy (non-hydrogen) atoms. The van der Waals surface area contributed by atoms with Gasteiger partial charge in [0, 0.05) is 24.8 Å². The number of benzene rings is 2. The first kappa shape index (κ1) is 28.9. The van der Waals surface area contributed by atoms with Gasteiger partial charge in [-0.15, -0.1) is 0 Å². The minimum Gasteiger partial charge on any atom is -0.334 e. The second-order valence-corrected chi connectivity index (χ2v) is 11.8. The molecule has 7 nitrogen and oxygen atoms in total. The third kappa shape index (κ3) is 6.20. The zero-order valence-electron chi connectivity index (χ0n) is 24.0. The Hall–Kier alpha value is -3.59. The molecule has 1 saturated heterocycles. The Kier molecular flexibility index (Phi) is 8.54. The Morgan fingerprint density at radius 3 is 2.68 bits per heavy atom. The summed E-state index contributed by atoms with van der Waals surface area (Å²) in [6.45, 7) is 6.45. The Morgan fingerprint density at radius 2 is 1.93 bits per heavy atom. The molecule has 2 amide bonds. The number of carbonyl (C=O) groups is 2. The predicted molar refractivity (Wildman–Crippen MR) is 154 cm³/mol. The Bertz CT molecular complexity index is 1390. The van der Waals surface area contributed by atoms with E-state index in [4.69, 9.17) is 0 Å². The third-order valence-electron chi connectivity index (χ3n) is 8.50. The fraction of sp³-hybridized carbons (Fsp3) is 0.469. The lowest BCUT2D eigenvalue weighted by Crippen LogP contribution is -2.48. The molecule has 0 spiro atoms. The summed E-state index contributed by atoms with van der Waals surface area (Å²) in [5.74, 6) is -0.939. The summed E-state index contributed by atoms with van der Waals surface area (Å²) in [7, 11) is 0. The number of likely N-dealkylation sites (tertiary alicyclic amines) is 1. The van der Waals surface area contributed by atoms with Crippen molar-refractivity contribution < 1.29 is 18.4 Å². The first-order valence-electron chi connectivity index (χ1n) is 14.6. The molecule has 1 aliphatic heterocycles. The molecule has 1 aromatic heterocycles. The summed E-state index contributed by atoms with van der Waals surface area (Å²) >= 11 is 0. The summed E-state index contributed by atoms with van der Waals surface area (Å²) < 4.78 is 29.8. The number of aryl methyl sites for hydroxylation is 1. The number of rotatable bonds is 9. The number of hydrogen-bond acceptors (Lipinski definition) is 4. The molecule has 1 fully saturated rings. The van der Waals surface area contributed by atoms with Crippen molar-refractivity contribution in [2.45, 2.75) is 89.4 Å². The highest BCUT2D eigenvalue weighted by Gasteiger charge is 2.39. The van der Waals surface area contributed by atoms with Crippen LogP contribution in [0, 0.1) is 11.6 Å². The van der Waals surface area contributed by atoms with Crippen LogP contribution in [0.2, 0.25) is 0 Å². The number of imidazole rings is 1. The molecule has 2 aromatic carbocycles. The zero-order valence-corrected chi connectivity index (χ0v) is 24.0. The van der Waals surface area contributed by atoms with Crippen LogP contribution < -0.4 is 10.6 Å². The normalized spacial score (nSPS) is 19.6. The van der Waals surface area contributed by atoms with E-state index in [1.807, 2.05) is 43.9 Å². The topological polar surface area (TPSA) is 79.3 Å². The number of fused-ring (bicyclic) bond motifs is 1. The number of nitrogens with zero attached hydrogens (tertiary/aromatic N) is 3. The highest BCUT2D eigenvalue weighted by atomic mass is 19.1. The van der Waals surface area contributed by atoms with Gasteiger partial charge in [0.2, 0.25) is 11.8 Å². The molecule has 2 heterocycles. The molecule has 0 radical (unpaired) electrons. The number of anilines is 1. The van der Waals surface area contributed by atoms with E-state index in [1.54, 1.807) is 17.1 Å². The van der Waals surface area contributed by atoms with E-state index >= 15 is 0 Å². The van der Waals surface area contributed by atoms with Gasteiger partial charge in [0.1, 0.15) is 17.2 Å². The van der Waals surface area contributed by atoms with Gasteiger partial charge in [-0.1, -0.05) is 43.7 Å². The van der Waals surface area contributed by atoms with Crippen LogP contribution in [0.25, 0.3) is 0 Å². The van der Waals surface area contributed by atoms with E-state index in [1.165, 1.54) is 6.07 Å². The molecular formula is C32H39F2N5O2. The molecule has 1 aliphatic carbocycles. The minimum absolute atomic E-state index is 0.00866. The number of carbonyl (C=O) groups excluding carboxylic acids is 2. The second-order valence-electron chi connectivity index (χ2n) is 11.8. The van der Waals surface area contributed by atoms with Gasteiger partial charge >= 0.3 is 0 Å². The van der Waals surface area contributed by atoms with Gasteiger partial charge in [0.15, 0.2) is 5.82 Å². The molecular weight excluding hydrogens is 524 g/mol. The molecule has 2 N–H and O–H groups in total. The summed E-state index contributed by atoms with van der Waals surface area (Å²) in [4.78, 5) is 33.4. The Morgan fingerprint density at radius 1 is 1.15 bits per heavy atom. The molecule has 0 bridgehead atoms. The Balaban J connectivity index is 1.24. The molecule has 0 saturated carbocycles. The van der Waals surface area contributed by atoms with E-state index < -0.39 is 23.2 Å². The molecule has 218 valence electrons. The van der Waals surface area contributed by atoms with Gasteiger partial charge in [0.25, 0.3) is 0 Å². The van der Waals surface area contributed by atoms with Crippen molar-refractivity contribution in [3.05, 3.63) is 83.3 Å². The summed E-state index contributed by atoms with van der Waals surface area (Å²) in [5, 5.41) is 6.31. The first-order chi connectivity index (χ1) is 19.7. The number of amides is 2. The standard InChI is InChI=1S/C32H39F2N5O2/c1-4-9-27(36-24-14-13-22-16-23(33)17-26(34)25(22)18-24)30(40)37-29-19-38(20-35-29)32(2,3)31(41)39-15-8-12-28(39)21-10-6-5-7-11-21/h5-7,10-11,16-17,19-20,24,27-28,36H,4,8-9,12-15,18H2,1-3H3,(H,37,40)/t24?,27?,28-/m0/s1. The van der Waals surface area contributed by atoms with Crippen molar-refractivity contribution >= 4 is 17.6 Å². The van der Waals surface area contributed by atoms with Gasteiger partial charge in [-0.25, -0.2) is 13.8 Å². The van der Waals surface area contributed by atoms with Crippen LogP contribution in [0.4, 0.5) is 14.6 Å². The van der Waals surface area contributed by atoms with Gasteiger partial charge in [0.05, 0.1) is 18.4 Å². The van der Waals surface area contributed by atoms with Gasteiger partial charge in [-0.05, 0) is 75.1 Å². The maximum absolute atomic E-state index is 14.4. The minimum atomic E-state index is -0.895. The van der Waals surface area contributed by atoms with E-state index in [-0.39, 0.29) is 23.9 Å². The van der Waals surface area contributed by atoms with E-state index in [2.05, 4.69) is 27.8 Å². The first-order valence-corrected chi connectivity index (χ1v) is 14.6. The average Bonchev–Trinajstić information content (AvgIpc) is 3.64. The van der Waals surface area contributed by atoms with Crippen molar-refractivity contribution in [3.63, 3.8) is 0 Å². The molecule has 3 atom stereocenters. The number of aromatic nitrogens is 2. The highest BCUT2D eigenvalue weighted by molar-refractivity contribution is 5.94. The van der Waals surface area contributed by atoms with Crippen LogP contribution in [0.15, 0.2) is 55.0 Å². The lowest BCUT2D eigenvalue weighted by Gasteiger charge is -2.34. The number of hydrogen-bond donors (Lipinski definition) is 2. The lowest BCUT2D eigenvalue weighted by molar-refractivity contribution is -0.140. The van der Waals surface area contributed by atoms with Crippen molar-refractivity contribution in [2.75, 3.05) is 11.9 Å². The van der Waals surface area contributed by atoms with Crippen LogP contribution in [0.1, 0.15) is 75.6 Å².